The van der Waals surface area contributed by atoms with Crippen molar-refractivity contribution in [2.45, 2.75) is 13.0 Å². The van der Waals surface area contributed by atoms with Crippen LogP contribution in [0.15, 0.2) is 54.6 Å². The molecule has 68 valence electrons. The largest absolute Gasteiger partial charge is 0.320 e. The summed E-state index contributed by atoms with van der Waals surface area (Å²) in [6.45, 7) is 5.70. The van der Waals surface area contributed by atoms with Crippen LogP contribution in [-0.4, -0.2) is 0 Å². The van der Waals surface area contributed by atoms with E-state index in [1.54, 1.807) is 6.08 Å². The Bertz CT molecular complexity index is 298. The molecule has 0 heterocycles. The maximum atomic E-state index is 6.02. The van der Waals surface area contributed by atoms with Gasteiger partial charge < -0.3 is 5.73 Å². The van der Waals surface area contributed by atoms with Crippen LogP contribution in [0, 0.1) is 0 Å². The van der Waals surface area contributed by atoms with Gasteiger partial charge in [0.25, 0.3) is 0 Å². The molecule has 0 aliphatic heterocycles. The summed E-state index contributed by atoms with van der Waals surface area (Å²) in [6, 6.07) is 9.97. The molecule has 0 bridgehead atoms. The van der Waals surface area contributed by atoms with Gasteiger partial charge in [-0.25, -0.2) is 0 Å². The van der Waals surface area contributed by atoms with Crippen LogP contribution in [0.5, 0.6) is 0 Å². The third kappa shape index (κ3) is 2.30. The summed E-state index contributed by atoms with van der Waals surface area (Å²) in [6.07, 6.45) is 3.79. The SMILES string of the molecule is C=C/C(=C\C)C(N)c1ccccc1. The van der Waals surface area contributed by atoms with Gasteiger partial charge in [0, 0.05) is 0 Å². The number of benzene rings is 1. The second kappa shape index (κ2) is 4.63. The van der Waals surface area contributed by atoms with Crippen molar-refractivity contribution in [2.24, 2.45) is 5.73 Å². The third-order valence-corrected chi connectivity index (χ3v) is 2.09. The summed E-state index contributed by atoms with van der Waals surface area (Å²) in [5.41, 5.74) is 8.20. The van der Waals surface area contributed by atoms with Crippen molar-refractivity contribution in [3.8, 4) is 0 Å². The fraction of sp³-hybridized carbons (Fsp3) is 0.167. The van der Waals surface area contributed by atoms with Crippen molar-refractivity contribution < 1.29 is 0 Å². The predicted molar refractivity (Wildman–Crippen MR) is 57.3 cm³/mol. The summed E-state index contributed by atoms with van der Waals surface area (Å²) >= 11 is 0. The average Bonchev–Trinajstić information content (AvgIpc) is 2.21. The molecule has 1 heteroatoms. The van der Waals surface area contributed by atoms with Crippen LogP contribution in [0.4, 0.5) is 0 Å². The van der Waals surface area contributed by atoms with Crippen molar-refractivity contribution in [2.75, 3.05) is 0 Å². The van der Waals surface area contributed by atoms with Gasteiger partial charge >= 0.3 is 0 Å². The van der Waals surface area contributed by atoms with Crippen LogP contribution in [0.2, 0.25) is 0 Å². The van der Waals surface area contributed by atoms with Gasteiger partial charge in [0.1, 0.15) is 0 Å². The Hall–Kier alpha value is -1.34. The molecule has 0 aromatic heterocycles. The molecule has 0 radical (unpaired) electrons. The summed E-state index contributed by atoms with van der Waals surface area (Å²) in [5.74, 6) is 0. The average molecular weight is 173 g/mol. The first-order valence-electron chi connectivity index (χ1n) is 4.38. The minimum Gasteiger partial charge on any atom is -0.320 e. The standard InChI is InChI=1S/C12H15N/c1-3-10(4-2)12(13)11-8-6-5-7-9-11/h3-9,12H,1,13H2,2H3/b10-4+. The Kier molecular flexibility index (Phi) is 3.47. The minimum absolute atomic E-state index is 0.0521. The monoisotopic (exact) mass is 173 g/mol. The Labute approximate surface area is 79.6 Å². The smallest absolute Gasteiger partial charge is 0.0548 e. The molecule has 0 saturated carbocycles. The lowest BCUT2D eigenvalue weighted by Gasteiger charge is -2.12. The molecule has 0 fully saturated rings. The lowest BCUT2D eigenvalue weighted by molar-refractivity contribution is 0.869. The molecule has 13 heavy (non-hydrogen) atoms. The van der Waals surface area contributed by atoms with Gasteiger partial charge in [-0.15, -0.1) is 0 Å². The molecule has 0 aliphatic carbocycles. The van der Waals surface area contributed by atoms with E-state index in [-0.39, 0.29) is 6.04 Å². The number of rotatable bonds is 3. The van der Waals surface area contributed by atoms with E-state index in [9.17, 15) is 0 Å². The van der Waals surface area contributed by atoms with Gasteiger partial charge in [-0.3, -0.25) is 0 Å². The molecule has 1 aromatic rings. The summed E-state index contributed by atoms with van der Waals surface area (Å²) < 4.78 is 0. The van der Waals surface area contributed by atoms with Gasteiger partial charge in [0.05, 0.1) is 6.04 Å². The molecule has 1 nitrogen and oxygen atoms in total. The number of allylic oxidation sites excluding steroid dienone is 1. The normalized spacial score (nSPS) is 13.8. The molecule has 1 rings (SSSR count). The van der Waals surface area contributed by atoms with E-state index < -0.39 is 0 Å². The van der Waals surface area contributed by atoms with Crippen LogP contribution in [0.25, 0.3) is 0 Å². The highest BCUT2D eigenvalue weighted by molar-refractivity contribution is 5.32. The molecule has 0 aliphatic rings. The van der Waals surface area contributed by atoms with Gasteiger partial charge in [0.2, 0.25) is 0 Å². The fourth-order valence-corrected chi connectivity index (χ4v) is 1.28. The maximum Gasteiger partial charge on any atom is 0.0548 e. The molecule has 1 atom stereocenters. The topological polar surface area (TPSA) is 26.0 Å². The van der Waals surface area contributed by atoms with E-state index in [1.165, 1.54) is 0 Å². The highest BCUT2D eigenvalue weighted by Gasteiger charge is 2.06. The lowest BCUT2D eigenvalue weighted by Crippen LogP contribution is -2.11. The first-order chi connectivity index (χ1) is 6.29. The Morgan fingerprint density at radius 3 is 2.46 bits per heavy atom. The fourth-order valence-electron chi connectivity index (χ4n) is 1.28. The minimum atomic E-state index is -0.0521. The first kappa shape index (κ1) is 9.75. The zero-order valence-corrected chi connectivity index (χ0v) is 7.90. The van der Waals surface area contributed by atoms with Crippen LogP contribution in [0.1, 0.15) is 18.5 Å². The zero-order valence-electron chi connectivity index (χ0n) is 7.90. The van der Waals surface area contributed by atoms with Gasteiger partial charge in [-0.05, 0) is 18.1 Å². The third-order valence-electron chi connectivity index (χ3n) is 2.09. The van der Waals surface area contributed by atoms with Crippen LogP contribution in [-0.2, 0) is 0 Å². The van der Waals surface area contributed by atoms with E-state index in [0.717, 1.165) is 11.1 Å². The zero-order chi connectivity index (χ0) is 9.68. The highest BCUT2D eigenvalue weighted by Crippen LogP contribution is 2.18. The van der Waals surface area contributed by atoms with Crippen LogP contribution < -0.4 is 5.73 Å². The Balaban J connectivity index is 2.91. The van der Waals surface area contributed by atoms with Crippen molar-refractivity contribution in [1.82, 2.24) is 0 Å². The number of nitrogens with two attached hydrogens (primary N) is 1. The molecular weight excluding hydrogens is 158 g/mol. The predicted octanol–water partition coefficient (Wildman–Crippen LogP) is 2.82. The number of hydrogen-bond acceptors (Lipinski definition) is 1. The van der Waals surface area contributed by atoms with E-state index >= 15 is 0 Å². The van der Waals surface area contributed by atoms with E-state index in [0.29, 0.717) is 0 Å². The maximum absolute atomic E-state index is 6.02. The summed E-state index contributed by atoms with van der Waals surface area (Å²) in [7, 11) is 0. The van der Waals surface area contributed by atoms with Crippen molar-refractivity contribution in [1.29, 1.82) is 0 Å². The van der Waals surface area contributed by atoms with Crippen molar-refractivity contribution in [3.63, 3.8) is 0 Å². The van der Waals surface area contributed by atoms with E-state index in [1.807, 2.05) is 43.3 Å². The quantitative estimate of drug-likeness (QED) is 0.699. The first-order valence-corrected chi connectivity index (χ1v) is 4.38. The molecule has 2 N–H and O–H groups in total. The Morgan fingerprint density at radius 2 is 2.00 bits per heavy atom. The molecular formula is C12H15N. The molecule has 0 spiro atoms. The highest BCUT2D eigenvalue weighted by atomic mass is 14.6. The van der Waals surface area contributed by atoms with Crippen LogP contribution >= 0.6 is 0 Å². The van der Waals surface area contributed by atoms with Crippen molar-refractivity contribution >= 4 is 0 Å². The summed E-state index contributed by atoms with van der Waals surface area (Å²) in [4.78, 5) is 0. The molecule has 1 aromatic carbocycles. The van der Waals surface area contributed by atoms with Gasteiger partial charge in [0.15, 0.2) is 0 Å². The van der Waals surface area contributed by atoms with E-state index in [2.05, 4.69) is 6.58 Å². The molecule has 1 unspecified atom stereocenters. The van der Waals surface area contributed by atoms with Crippen LogP contribution in [0.3, 0.4) is 0 Å². The van der Waals surface area contributed by atoms with Crippen molar-refractivity contribution in [3.05, 3.63) is 60.2 Å². The Morgan fingerprint density at radius 1 is 1.38 bits per heavy atom. The molecule has 0 saturated heterocycles. The lowest BCUT2D eigenvalue weighted by atomic mass is 10.00. The second-order valence-corrected chi connectivity index (χ2v) is 2.88. The summed E-state index contributed by atoms with van der Waals surface area (Å²) in [5, 5.41) is 0. The second-order valence-electron chi connectivity index (χ2n) is 2.88. The number of hydrogen-bond donors (Lipinski definition) is 1. The van der Waals surface area contributed by atoms with Gasteiger partial charge in [-0.1, -0.05) is 49.1 Å². The van der Waals surface area contributed by atoms with Gasteiger partial charge in [-0.2, -0.15) is 0 Å². The van der Waals surface area contributed by atoms with E-state index in [4.69, 9.17) is 5.73 Å². The molecule has 0 amide bonds.